The second-order valence-electron chi connectivity index (χ2n) is 4.19. The average Bonchev–Trinajstić information content (AvgIpc) is 2.83. The summed E-state index contributed by atoms with van der Waals surface area (Å²) in [6.45, 7) is 0. The molecule has 0 saturated heterocycles. The van der Waals surface area contributed by atoms with E-state index in [1.165, 1.54) is 5.56 Å². The van der Waals surface area contributed by atoms with Crippen molar-refractivity contribution in [2.45, 2.75) is 18.6 Å². The molecule has 0 aliphatic carbocycles. The van der Waals surface area contributed by atoms with Gasteiger partial charge >= 0.3 is 0 Å². The van der Waals surface area contributed by atoms with Crippen LogP contribution in [0, 0.1) is 0 Å². The summed E-state index contributed by atoms with van der Waals surface area (Å²) in [6.07, 6.45) is 0.921. The van der Waals surface area contributed by atoms with Gasteiger partial charge in [0.15, 0.2) is 0 Å². The van der Waals surface area contributed by atoms with E-state index in [-0.39, 0.29) is 12.1 Å². The fourth-order valence-electron chi connectivity index (χ4n) is 2.14. The van der Waals surface area contributed by atoms with Crippen molar-refractivity contribution in [1.29, 1.82) is 0 Å². The fraction of sp³-hybridized carbons (Fsp3) is 0.231. The molecule has 3 rings (SSSR count). The number of thiophene rings is 1. The summed E-state index contributed by atoms with van der Waals surface area (Å²) < 4.78 is 7.05. The maximum absolute atomic E-state index is 6.21. The highest BCUT2D eigenvalue weighted by Gasteiger charge is 2.27. The lowest BCUT2D eigenvalue weighted by Gasteiger charge is -2.30. The van der Waals surface area contributed by atoms with Gasteiger partial charge in [-0.2, -0.15) is 11.3 Å². The standard InChI is InChI=1S/C13H12BrNOS/c14-9-1-2-12-10(5-9)11(15)6-13(16-12)8-3-4-17-7-8/h1-5,7,11,13H,6,15H2/t11-,13?/m0/s1. The minimum atomic E-state index is 0.0427. The van der Waals surface area contributed by atoms with Gasteiger partial charge in [0.2, 0.25) is 0 Å². The molecule has 17 heavy (non-hydrogen) atoms. The molecule has 2 N–H and O–H groups in total. The van der Waals surface area contributed by atoms with Crippen LogP contribution in [0.5, 0.6) is 5.75 Å². The Balaban J connectivity index is 1.96. The van der Waals surface area contributed by atoms with Crippen LogP contribution in [-0.4, -0.2) is 0 Å². The van der Waals surface area contributed by atoms with Gasteiger partial charge in [-0.15, -0.1) is 0 Å². The molecule has 4 heteroatoms. The minimum Gasteiger partial charge on any atom is -0.485 e. The second kappa shape index (κ2) is 4.44. The highest BCUT2D eigenvalue weighted by Crippen LogP contribution is 2.41. The molecule has 88 valence electrons. The maximum Gasteiger partial charge on any atom is 0.126 e. The summed E-state index contributed by atoms with van der Waals surface area (Å²) in [4.78, 5) is 0. The Bertz CT molecular complexity index is 526. The zero-order valence-corrected chi connectivity index (χ0v) is 11.5. The van der Waals surface area contributed by atoms with Gasteiger partial charge in [-0.1, -0.05) is 15.9 Å². The molecule has 0 fully saturated rings. The Morgan fingerprint density at radius 3 is 3.00 bits per heavy atom. The number of hydrogen-bond acceptors (Lipinski definition) is 3. The molecule has 0 bridgehead atoms. The average molecular weight is 310 g/mol. The summed E-state index contributed by atoms with van der Waals surface area (Å²) >= 11 is 5.15. The first-order valence-electron chi connectivity index (χ1n) is 5.48. The third kappa shape index (κ3) is 2.12. The maximum atomic E-state index is 6.21. The molecular weight excluding hydrogens is 298 g/mol. The van der Waals surface area contributed by atoms with E-state index in [0.29, 0.717) is 0 Å². The van der Waals surface area contributed by atoms with E-state index >= 15 is 0 Å². The number of nitrogens with two attached hydrogens (primary N) is 1. The van der Waals surface area contributed by atoms with Gasteiger partial charge in [0.25, 0.3) is 0 Å². The lowest BCUT2D eigenvalue weighted by molar-refractivity contribution is 0.162. The molecule has 0 radical (unpaired) electrons. The van der Waals surface area contributed by atoms with Crippen LogP contribution < -0.4 is 10.5 Å². The van der Waals surface area contributed by atoms with Crippen molar-refractivity contribution in [1.82, 2.24) is 0 Å². The summed E-state index contributed by atoms with van der Waals surface area (Å²) in [5.74, 6) is 0.906. The van der Waals surface area contributed by atoms with E-state index in [0.717, 1.165) is 22.2 Å². The number of fused-ring (bicyclic) bond motifs is 1. The summed E-state index contributed by atoms with van der Waals surface area (Å²) in [5.41, 5.74) is 8.52. The lowest BCUT2D eigenvalue weighted by atomic mass is 9.95. The second-order valence-corrected chi connectivity index (χ2v) is 5.88. The highest BCUT2D eigenvalue weighted by atomic mass is 79.9. The number of benzene rings is 1. The zero-order chi connectivity index (χ0) is 11.8. The third-order valence-electron chi connectivity index (χ3n) is 3.02. The Morgan fingerprint density at radius 1 is 1.35 bits per heavy atom. The van der Waals surface area contributed by atoms with E-state index in [4.69, 9.17) is 10.5 Å². The Labute approximate surface area is 113 Å². The van der Waals surface area contributed by atoms with Crippen LogP contribution in [0.15, 0.2) is 39.5 Å². The van der Waals surface area contributed by atoms with Crippen LogP contribution in [0.1, 0.15) is 29.7 Å². The van der Waals surface area contributed by atoms with E-state index in [1.807, 2.05) is 18.2 Å². The van der Waals surface area contributed by atoms with Gasteiger partial charge in [0.1, 0.15) is 11.9 Å². The fourth-order valence-corrected chi connectivity index (χ4v) is 3.22. The topological polar surface area (TPSA) is 35.2 Å². The summed E-state index contributed by atoms with van der Waals surface area (Å²) in [5, 5.41) is 4.20. The number of halogens is 1. The predicted molar refractivity (Wildman–Crippen MR) is 73.4 cm³/mol. The van der Waals surface area contributed by atoms with Gasteiger partial charge in [-0.25, -0.2) is 0 Å². The zero-order valence-electron chi connectivity index (χ0n) is 9.10. The van der Waals surface area contributed by atoms with Crippen LogP contribution in [0.25, 0.3) is 0 Å². The van der Waals surface area contributed by atoms with Gasteiger partial charge in [-0.3, -0.25) is 0 Å². The van der Waals surface area contributed by atoms with Crippen molar-refractivity contribution < 1.29 is 4.74 Å². The third-order valence-corrected chi connectivity index (χ3v) is 4.22. The van der Waals surface area contributed by atoms with Crippen LogP contribution in [0.2, 0.25) is 0 Å². The molecule has 1 aromatic heterocycles. The smallest absolute Gasteiger partial charge is 0.126 e. The molecule has 0 saturated carbocycles. The van der Waals surface area contributed by atoms with E-state index < -0.39 is 0 Å². The molecule has 1 aromatic carbocycles. The normalized spacial score (nSPS) is 22.9. The monoisotopic (exact) mass is 309 g/mol. The van der Waals surface area contributed by atoms with Gasteiger partial charge < -0.3 is 10.5 Å². The highest BCUT2D eigenvalue weighted by molar-refractivity contribution is 9.10. The van der Waals surface area contributed by atoms with Crippen molar-refractivity contribution in [3.63, 3.8) is 0 Å². The lowest BCUT2D eigenvalue weighted by Crippen LogP contribution is -2.23. The van der Waals surface area contributed by atoms with Crippen LogP contribution in [0.4, 0.5) is 0 Å². The SMILES string of the molecule is N[C@H]1CC(c2ccsc2)Oc2ccc(Br)cc21. The molecule has 1 aliphatic heterocycles. The van der Waals surface area contributed by atoms with Crippen molar-refractivity contribution >= 4 is 27.3 Å². The first-order valence-corrected chi connectivity index (χ1v) is 7.21. The molecule has 1 aliphatic rings. The van der Waals surface area contributed by atoms with Crippen molar-refractivity contribution in [2.24, 2.45) is 5.73 Å². The molecular formula is C13H12BrNOS. The van der Waals surface area contributed by atoms with Gasteiger partial charge in [-0.05, 0) is 35.0 Å². The Kier molecular flexibility index (Phi) is 2.94. The van der Waals surface area contributed by atoms with Crippen molar-refractivity contribution in [3.8, 4) is 5.75 Å². The van der Waals surface area contributed by atoms with Crippen LogP contribution in [0.3, 0.4) is 0 Å². The van der Waals surface area contributed by atoms with Crippen molar-refractivity contribution in [3.05, 3.63) is 50.6 Å². The van der Waals surface area contributed by atoms with E-state index in [2.05, 4.69) is 32.8 Å². The molecule has 2 aromatic rings. The van der Waals surface area contributed by atoms with Crippen molar-refractivity contribution in [2.75, 3.05) is 0 Å². The predicted octanol–water partition coefficient (Wildman–Crippen LogP) is 4.03. The first kappa shape index (κ1) is 11.3. The Morgan fingerprint density at radius 2 is 2.24 bits per heavy atom. The van der Waals surface area contributed by atoms with Gasteiger partial charge in [0, 0.05) is 28.1 Å². The molecule has 0 amide bonds. The molecule has 2 heterocycles. The van der Waals surface area contributed by atoms with Crippen LogP contribution >= 0.6 is 27.3 Å². The summed E-state index contributed by atoms with van der Waals surface area (Å²) in [6, 6.07) is 8.16. The van der Waals surface area contributed by atoms with Crippen LogP contribution in [-0.2, 0) is 0 Å². The number of rotatable bonds is 1. The minimum absolute atomic E-state index is 0.0427. The summed E-state index contributed by atoms with van der Waals surface area (Å²) in [7, 11) is 0. The molecule has 2 atom stereocenters. The number of hydrogen-bond donors (Lipinski definition) is 1. The molecule has 1 unspecified atom stereocenters. The first-order chi connectivity index (χ1) is 8.24. The largest absolute Gasteiger partial charge is 0.485 e. The van der Waals surface area contributed by atoms with E-state index in [1.54, 1.807) is 11.3 Å². The quantitative estimate of drug-likeness (QED) is 0.863. The Hall–Kier alpha value is -0.840. The molecule has 2 nitrogen and oxygen atoms in total. The number of ether oxygens (including phenoxy) is 1. The van der Waals surface area contributed by atoms with Gasteiger partial charge in [0.05, 0.1) is 0 Å². The van der Waals surface area contributed by atoms with E-state index in [9.17, 15) is 0 Å². The molecule has 0 spiro atoms.